The van der Waals surface area contributed by atoms with Crippen LogP contribution in [-0.4, -0.2) is 11.4 Å². The molecule has 1 amide bonds. The SMILES string of the molecule is Cc1ccc(F)c(NC(=O)C2(N)CCCCC2)c1.Cl. The van der Waals surface area contributed by atoms with E-state index in [4.69, 9.17) is 5.73 Å². The number of nitrogens with two attached hydrogens (primary N) is 1. The summed E-state index contributed by atoms with van der Waals surface area (Å²) < 4.78 is 13.6. The van der Waals surface area contributed by atoms with Crippen LogP contribution in [-0.2, 0) is 4.79 Å². The molecule has 0 atom stereocenters. The van der Waals surface area contributed by atoms with Crippen LogP contribution < -0.4 is 11.1 Å². The van der Waals surface area contributed by atoms with Crippen LogP contribution in [0.25, 0.3) is 0 Å². The Morgan fingerprint density at radius 1 is 1.32 bits per heavy atom. The topological polar surface area (TPSA) is 55.1 Å². The molecule has 0 unspecified atom stereocenters. The van der Waals surface area contributed by atoms with Crippen molar-refractivity contribution in [1.82, 2.24) is 0 Å². The van der Waals surface area contributed by atoms with Crippen molar-refractivity contribution in [3.8, 4) is 0 Å². The van der Waals surface area contributed by atoms with Crippen molar-refractivity contribution in [3.63, 3.8) is 0 Å². The molecule has 3 nitrogen and oxygen atoms in total. The van der Waals surface area contributed by atoms with Crippen LogP contribution in [0.5, 0.6) is 0 Å². The van der Waals surface area contributed by atoms with E-state index in [1.54, 1.807) is 12.1 Å². The van der Waals surface area contributed by atoms with E-state index in [-0.39, 0.29) is 24.0 Å². The molecule has 1 saturated carbocycles. The van der Waals surface area contributed by atoms with E-state index in [0.29, 0.717) is 12.8 Å². The van der Waals surface area contributed by atoms with E-state index < -0.39 is 11.4 Å². The van der Waals surface area contributed by atoms with Crippen LogP contribution >= 0.6 is 12.4 Å². The minimum Gasteiger partial charge on any atom is -0.322 e. The summed E-state index contributed by atoms with van der Waals surface area (Å²) in [5.41, 5.74) is 6.39. The molecule has 1 aromatic carbocycles. The van der Waals surface area contributed by atoms with Crippen molar-refractivity contribution in [1.29, 1.82) is 0 Å². The van der Waals surface area contributed by atoms with Crippen LogP contribution in [0.15, 0.2) is 18.2 Å². The molecule has 1 aliphatic carbocycles. The molecule has 0 radical (unpaired) electrons. The number of hydrogen-bond donors (Lipinski definition) is 2. The highest BCUT2D eigenvalue weighted by Crippen LogP contribution is 2.27. The van der Waals surface area contributed by atoms with Gasteiger partial charge in [-0.25, -0.2) is 4.39 Å². The van der Waals surface area contributed by atoms with E-state index >= 15 is 0 Å². The summed E-state index contributed by atoms with van der Waals surface area (Å²) in [6.45, 7) is 1.86. The maximum Gasteiger partial charge on any atom is 0.244 e. The fourth-order valence-electron chi connectivity index (χ4n) is 2.39. The van der Waals surface area contributed by atoms with Crippen molar-refractivity contribution < 1.29 is 9.18 Å². The van der Waals surface area contributed by atoms with E-state index in [9.17, 15) is 9.18 Å². The van der Waals surface area contributed by atoms with Gasteiger partial charge in [0, 0.05) is 0 Å². The lowest BCUT2D eigenvalue weighted by molar-refractivity contribution is -0.122. The van der Waals surface area contributed by atoms with Gasteiger partial charge in [-0.15, -0.1) is 12.4 Å². The standard InChI is InChI=1S/C14H19FN2O.ClH/c1-10-5-6-11(15)12(9-10)17-13(18)14(16)7-3-2-4-8-14;/h5-6,9H,2-4,7-8,16H2,1H3,(H,17,18);1H. The predicted octanol–water partition coefficient (Wildman–Crippen LogP) is 3.16. The quantitative estimate of drug-likeness (QED) is 0.877. The van der Waals surface area contributed by atoms with Crippen molar-refractivity contribution in [2.24, 2.45) is 5.73 Å². The summed E-state index contributed by atoms with van der Waals surface area (Å²) in [5.74, 6) is -0.694. The van der Waals surface area contributed by atoms with Crippen LogP contribution in [0.3, 0.4) is 0 Å². The van der Waals surface area contributed by atoms with Gasteiger partial charge in [0.25, 0.3) is 0 Å². The summed E-state index contributed by atoms with van der Waals surface area (Å²) in [4.78, 5) is 12.2. The van der Waals surface area contributed by atoms with E-state index in [1.807, 2.05) is 6.92 Å². The van der Waals surface area contributed by atoms with Crippen molar-refractivity contribution in [2.75, 3.05) is 5.32 Å². The molecule has 2 rings (SSSR count). The lowest BCUT2D eigenvalue weighted by atomic mass is 9.82. The number of benzene rings is 1. The Bertz CT molecular complexity index is 459. The maximum absolute atomic E-state index is 13.6. The van der Waals surface area contributed by atoms with Gasteiger partial charge in [-0.2, -0.15) is 0 Å². The minimum atomic E-state index is -0.839. The van der Waals surface area contributed by atoms with E-state index in [2.05, 4.69) is 5.32 Å². The Morgan fingerprint density at radius 3 is 2.58 bits per heavy atom. The fraction of sp³-hybridized carbons (Fsp3) is 0.500. The number of carbonyl (C=O) groups is 1. The summed E-state index contributed by atoms with van der Waals surface area (Å²) in [6.07, 6.45) is 4.38. The number of halogens is 2. The fourth-order valence-corrected chi connectivity index (χ4v) is 2.39. The van der Waals surface area contributed by atoms with Crippen molar-refractivity contribution in [2.45, 2.75) is 44.6 Å². The second kappa shape index (κ2) is 6.35. The molecular formula is C14H20ClFN2O. The molecule has 5 heteroatoms. The zero-order chi connectivity index (χ0) is 13.2. The lowest BCUT2D eigenvalue weighted by Crippen LogP contribution is -2.52. The number of hydrogen-bond acceptors (Lipinski definition) is 2. The van der Waals surface area contributed by atoms with Gasteiger partial charge >= 0.3 is 0 Å². The van der Waals surface area contributed by atoms with Gasteiger partial charge in [-0.1, -0.05) is 25.3 Å². The number of anilines is 1. The molecule has 0 bridgehead atoms. The van der Waals surface area contributed by atoms with Crippen molar-refractivity contribution >= 4 is 24.0 Å². The van der Waals surface area contributed by atoms with Crippen LogP contribution in [0.1, 0.15) is 37.7 Å². The molecule has 0 aromatic heterocycles. The molecule has 1 aliphatic rings. The normalized spacial score (nSPS) is 17.4. The molecule has 0 spiro atoms. The van der Waals surface area contributed by atoms with Crippen LogP contribution in [0.4, 0.5) is 10.1 Å². The average Bonchev–Trinajstić information content (AvgIpc) is 2.35. The van der Waals surface area contributed by atoms with Gasteiger partial charge in [-0.05, 0) is 37.5 Å². The molecule has 1 fully saturated rings. The highest BCUT2D eigenvalue weighted by molar-refractivity contribution is 5.98. The monoisotopic (exact) mass is 286 g/mol. The molecule has 3 N–H and O–H groups in total. The zero-order valence-corrected chi connectivity index (χ0v) is 11.9. The van der Waals surface area contributed by atoms with Gasteiger partial charge in [-0.3, -0.25) is 4.79 Å². The summed E-state index contributed by atoms with van der Waals surface area (Å²) in [6, 6.07) is 4.65. The smallest absolute Gasteiger partial charge is 0.244 e. The highest BCUT2D eigenvalue weighted by atomic mass is 35.5. The third-order valence-electron chi connectivity index (χ3n) is 3.57. The Morgan fingerprint density at radius 2 is 1.95 bits per heavy atom. The Balaban J connectivity index is 0.00000180. The molecular weight excluding hydrogens is 267 g/mol. The van der Waals surface area contributed by atoms with Gasteiger partial charge in [0.15, 0.2) is 0 Å². The zero-order valence-electron chi connectivity index (χ0n) is 11.0. The van der Waals surface area contributed by atoms with E-state index in [1.165, 1.54) is 6.07 Å². The third-order valence-corrected chi connectivity index (χ3v) is 3.57. The predicted molar refractivity (Wildman–Crippen MR) is 77.0 cm³/mol. The number of rotatable bonds is 2. The molecule has 0 saturated heterocycles. The number of nitrogens with one attached hydrogen (secondary N) is 1. The highest BCUT2D eigenvalue weighted by Gasteiger charge is 2.35. The lowest BCUT2D eigenvalue weighted by Gasteiger charge is -2.31. The Hall–Kier alpha value is -1.13. The van der Waals surface area contributed by atoms with Crippen LogP contribution in [0, 0.1) is 12.7 Å². The Labute approximate surface area is 119 Å². The molecule has 0 heterocycles. The van der Waals surface area contributed by atoms with E-state index in [0.717, 1.165) is 24.8 Å². The summed E-state index contributed by atoms with van der Waals surface area (Å²) >= 11 is 0. The Kier molecular flexibility index (Phi) is 5.32. The van der Waals surface area contributed by atoms with Gasteiger partial charge in [0.05, 0.1) is 11.2 Å². The maximum atomic E-state index is 13.6. The molecule has 106 valence electrons. The second-order valence-corrected chi connectivity index (χ2v) is 5.15. The number of aryl methyl sites for hydroxylation is 1. The number of carbonyl (C=O) groups excluding carboxylic acids is 1. The van der Waals surface area contributed by atoms with Crippen LogP contribution in [0.2, 0.25) is 0 Å². The first-order valence-corrected chi connectivity index (χ1v) is 6.38. The third kappa shape index (κ3) is 3.67. The number of amides is 1. The van der Waals surface area contributed by atoms with Crippen molar-refractivity contribution in [3.05, 3.63) is 29.6 Å². The first-order chi connectivity index (χ1) is 8.51. The van der Waals surface area contributed by atoms with Gasteiger partial charge in [0.1, 0.15) is 5.82 Å². The van der Waals surface area contributed by atoms with Gasteiger partial charge < -0.3 is 11.1 Å². The molecule has 0 aliphatic heterocycles. The summed E-state index contributed by atoms with van der Waals surface area (Å²) in [5, 5.41) is 2.62. The summed E-state index contributed by atoms with van der Waals surface area (Å²) in [7, 11) is 0. The first-order valence-electron chi connectivity index (χ1n) is 6.38. The molecule has 19 heavy (non-hydrogen) atoms. The van der Waals surface area contributed by atoms with Gasteiger partial charge in [0.2, 0.25) is 5.91 Å². The average molecular weight is 287 g/mol. The second-order valence-electron chi connectivity index (χ2n) is 5.15. The molecule has 1 aromatic rings. The first kappa shape index (κ1) is 15.9. The minimum absolute atomic E-state index is 0. The largest absolute Gasteiger partial charge is 0.322 e.